The van der Waals surface area contributed by atoms with Crippen molar-refractivity contribution in [2.24, 2.45) is 0 Å². The predicted molar refractivity (Wildman–Crippen MR) is 81.5 cm³/mol. The van der Waals surface area contributed by atoms with E-state index in [1.807, 2.05) is 31.3 Å². The highest BCUT2D eigenvalue weighted by Gasteiger charge is 2.27. The van der Waals surface area contributed by atoms with Gasteiger partial charge in [-0.05, 0) is 12.1 Å². The zero-order valence-corrected chi connectivity index (χ0v) is 12.6. The van der Waals surface area contributed by atoms with Crippen LogP contribution < -0.4 is 15.1 Å². The van der Waals surface area contributed by atoms with Crippen LogP contribution in [0.15, 0.2) is 24.3 Å². The molecular weight excluding hydrogens is 270 g/mol. The van der Waals surface area contributed by atoms with Crippen molar-refractivity contribution < 1.29 is 14.3 Å². The van der Waals surface area contributed by atoms with Crippen LogP contribution in [-0.2, 0) is 14.3 Å². The van der Waals surface area contributed by atoms with Crippen LogP contribution in [0.4, 0.5) is 11.4 Å². The summed E-state index contributed by atoms with van der Waals surface area (Å²) in [6, 6.07) is 7.37. The predicted octanol–water partition coefficient (Wildman–Crippen LogP) is 0.620. The Bertz CT molecular complexity index is 533. The molecule has 0 spiro atoms. The normalized spacial score (nSPS) is 15.2. The summed E-state index contributed by atoms with van der Waals surface area (Å²) in [6.07, 6.45) is 0. The number of carbonyl (C=O) groups excluding carboxylic acids is 2. The molecule has 6 heteroatoms. The number of hydrogen-bond donors (Lipinski definition) is 1. The fourth-order valence-corrected chi connectivity index (χ4v) is 2.54. The SMILES string of the molecule is COC(=O)C(CN1CCN(C)c2ccccc21)NC(C)=O. The first-order valence-electron chi connectivity index (χ1n) is 6.93. The van der Waals surface area contributed by atoms with Crippen molar-refractivity contribution >= 4 is 23.3 Å². The van der Waals surface area contributed by atoms with Gasteiger partial charge in [-0.2, -0.15) is 0 Å². The van der Waals surface area contributed by atoms with Gasteiger partial charge in [-0.15, -0.1) is 0 Å². The van der Waals surface area contributed by atoms with Crippen molar-refractivity contribution in [3.8, 4) is 0 Å². The summed E-state index contributed by atoms with van der Waals surface area (Å²) in [6.45, 7) is 3.45. The number of anilines is 2. The van der Waals surface area contributed by atoms with Crippen LogP contribution in [0, 0.1) is 0 Å². The molecule has 0 saturated heterocycles. The van der Waals surface area contributed by atoms with Gasteiger partial charge in [0.1, 0.15) is 6.04 Å². The highest BCUT2D eigenvalue weighted by atomic mass is 16.5. The molecule has 0 fully saturated rings. The van der Waals surface area contributed by atoms with Crippen LogP contribution in [-0.4, -0.2) is 51.7 Å². The van der Waals surface area contributed by atoms with E-state index in [9.17, 15) is 9.59 Å². The highest BCUT2D eigenvalue weighted by molar-refractivity contribution is 5.84. The fourth-order valence-electron chi connectivity index (χ4n) is 2.54. The minimum Gasteiger partial charge on any atom is -0.467 e. The van der Waals surface area contributed by atoms with Crippen LogP contribution in [0.3, 0.4) is 0 Å². The lowest BCUT2D eigenvalue weighted by Crippen LogP contribution is -2.51. The molecule has 1 heterocycles. The van der Waals surface area contributed by atoms with E-state index in [2.05, 4.69) is 15.1 Å². The molecule has 0 saturated carbocycles. The average Bonchev–Trinajstić information content (AvgIpc) is 2.48. The number of fused-ring (bicyclic) bond motifs is 1. The zero-order valence-electron chi connectivity index (χ0n) is 12.6. The van der Waals surface area contributed by atoms with Crippen molar-refractivity contribution in [3.63, 3.8) is 0 Å². The van der Waals surface area contributed by atoms with E-state index in [0.29, 0.717) is 6.54 Å². The van der Waals surface area contributed by atoms with Gasteiger partial charge in [0.2, 0.25) is 5.91 Å². The summed E-state index contributed by atoms with van der Waals surface area (Å²) in [5.41, 5.74) is 2.18. The van der Waals surface area contributed by atoms with Crippen LogP contribution in [0.2, 0.25) is 0 Å². The first-order valence-corrected chi connectivity index (χ1v) is 6.93. The van der Waals surface area contributed by atoms with Gasteiger partial charge in [0.25, 0.3) is 0 Å². The number of carbonyl (C=O) groups is 2. The molecule has 1 unspecified atom stereocenters. The van der Waals surface area contributed by atoms with Gasteiger partial charge < -0.3 is 19.9 Å². The summed E-state index contributed by atoms with van der Waals surface area (Å²) >= 11 is 0. The van der Waals surface area contributed by atoms with Gasteiger partial charge >= 0.3 is 5.97 Å². The first-order chi connectivity index (χ1) is 10.0. The van der Waals surface area contributed by atoms with Crippen molar-refractivity contribution in [2.75, 3.05) is 43.6 Å². The topological polar surface area (TPSA) is 61.9 Å². The second kappa shape index (κ2) is 6.47. The minimum atomic E-state index is -0.663. The Balaban J connectivity index is 2.19. The van der Waals surface area contributed by atoms with Crippen molar-refractivity contribution in [1.29, 1.82) is 0 Å². The Morgan fingerprint density at radius 1 is 1.29 bits per heavy atom. The summed E-state index contributed by atoms with van der Waals surface area (Å²) in [5.74, 6) is -0.672. The van der Waals surface area contributed by atoms with Gasteiger partial charge in [0, 0.05) is 33.6 Å². The van der Waals surface area contributed by atoms with Crippen molar-refractivity contribution in [1.82, 2.24) is 5.32 Å². The number of hydrogen-bond acceptors (Lipinski definition) is 5. The highest BCUT2D eigenvalue weighted by Crippen LogP contribution is 2.31. The van der Waals surface area contributed by atoms with Crippen molar-refractivity contribution in [3.05, 3.63) is 24.3 Å². The quantitative estimate of drug-likeness (QED) is 0.824. The van der Waals surface area contributed by atoms with Gasteiger partial charge in [-0.25, -0.2) is 4.79 Å². The van der Waals surface area contributed by atoms with Gasteiger partial charge in [-0.1, -0.05) is 12.1 Å². The average molecular weight is 291 g/mol. The molecule has 0 bridgehead atoms. The zero-order chi connectivity index (χ0) is 15.4. The standard InChI is InChI=1S/C15H21N3O3/c1-11(19)16-12(15(20)21-3)10-18-9-8-17(2)13-6-4-5-7-14(13)18/h4-7,12H,8-10H2,1-3H3,(H,16,19). The minimum absolute atomic E-state index is 0.243. The summed E-state index contributed by atoms with van der Waals surface area (Å²) < 4.78 is 4.77. The lowest BCUT2D eigenvalue weighted by Gasteiger charge is -2.38. The third-order valence-corrected chi connectivity index (χ3v) is 3.61. The number of esters is 1. The summed E-state index contributed by atoms with van der Waals surface area (Å²) in [5, 5.41) is 2.65. The number of methoxy groups -OCH3 is 1. The molecule has 1 aromatic rings. The maximum atomic E-state index is 11.8. The Kier molecular flexibility index (Phi) is 4.67. The molecule has 6 nitrogen and oxygen atoms in total. The largest absolute Gasteiger partial charge is 0.467 e. The van der Waals surface area contributed by atoms with Crippen LogP contribution in [0.25, 0.3) is 0 Å². The Labute approximate surface area is 124 Å². The lowest BCUT2D eigenvalue weighted by atomic mass is 10.1. The van der Waals surface area contributed by atoms with Gasteiger partial charge in [0.15, 0.2) is 0 Å². The molecule has 1 N–H and O–H groups in total. The maximum absolute atomic E-state index is 11.8. The van der Waals surface area contributed by atoms with Crippen LogP contribution >= 0.6 is 0 Å². The van der Waals surface area contributed by atoms with E-state index >= 15 is 0 Å². The second-order valence-corrected chi connectivity index (χ2v) is 5.13. The third-order valence-electron chi connectivity index (χ3n) is 3.61. The number of para-hydroxylation sites is 2. The lowest BCUT2D eigenvalue weighted by molar-refractivity contribution is -0.144. The van der Waals surface area contributed by atoms with E-state index in [1.54, 1.807) is 0 Å². The maximum Gasteiger partial charge on any atom is 0.330 e. The molecule has 21 heavy (non-hydrogen) atoms. The second-order valence-electron chi connectivity index (χ2n) is 5.13. The van der Waals surface area contributed by atoms with E-state index in [1.165, 1.54) is 14.0 Å². The number of rotatable bonds is 4. The molecule has 1 aliphatic heterocycles. The molecular formula is C15H21N3O3. The monoisotopic (exact) mass is 291 g/mol. The summed E-state index contributed by atoms with van der Waals surface area (Å²) in [7, 11) is 3.37. The molecule has 0 aromatic heterocycles. The number of ether oxygens (including phenoxy) is 1. The van der Waals surface area contributed by atoms with Gasteiger partial charge in [0.05, 0.1) is 18.5 Å². The van der Waals surface area contributed by atoms with Crippen LogP contribution in [0.1, 0.15) is 6.92 Å². The smallest absolute Gasteiger partial charge is 0.330 e. The molecule has 2 rings (SSSR count). The number of likely N-dealkylation sites (N-methyl/N-ethyl adjacent to an activating group) is 1. The Morgan fingerprint density at radius 3 is 2.57 bits per heavy atom. The van der Waals surface area contributed by atoms with E-state index in [-0.39, 0.29) is 5.91 Å². The number of nitrogens with one attached hydrogen (secondary N) is 1. The summed E-state index contributed by atoms with van der Waals surface area (Å²) in [4.78, 5) is 27.4. The number of amides is 1. The molecule has 1 aliphatic rings. The first kappa shape index (κ1) is 15.2. The number of nitrogens with zero attached hydrogens (tertiary/aromatic N) is 2. The fraction of sp³-hybridized carbons (Fsp3) is 0.467. The van der Waals surface area contributed by atoms with E-state index in [4.69, 9.17) is 4.74 Å². The van der Waals surface area contributed by atoms with Crippen LogP contribution in [0.5, 0.6) is 0 Å². The third kappa shape index (κ3) is 3.45. The van der Waals surface area contributed by atoms with E-state index < -0.39 is 12.0 Å². The van der Waals surface area contributed by atoms with Gasteiger partial charge in [-0.3, -0.25) is 4.79 Å². The molecule has 1 aromatic carbocycles. The molecule has 0 aliphatic carbocycles. The number of benzene rings is 1. The molecule has 1 amide bonds. The molecule has 114 valence electrons. The Hall–Kier alpha value is -2.24. The van der Waals surface area contributed by atoms with Crippen molar-refractivity contribution in [2.45, 2.75) is 13.0 Å². The Morgan fingerprint density at radius 2 is 1.95 bits per heavy atom. The van der Waals surface area contributed by atoms with E-state index in [0.717, 1.165) is 24.5 Å². The molecule has 1 atom stereocenters. The molecule has 0 radical (unpaired) electrons.